The first kappa shape index (κ1) is 11.6. The first-order chi connectivity index (χ1) is 8.78. The molecule has 0 bridgehead atoms. The van der Waals surface area contributed by atoms with E-state index < -0.39 is 0 Å². The Morgan fingerprint density at radius 2 is 2.28 bits per heavy atom. The van der Waals surface area contributed by atoms with E-state index in [2.05, 4.69) is 11.4 Å². The van der Waals surface area contributed by atoms with Gasteiger partial charge in [0.05, 0.1) is 7.11 Å². The van der Waals surface area contributed by atoms with Crippen molar-refractivity contribution in [3.8, 4) is 11.5 Å². The first-order valence-corrected chi connectivity index (χ1v) is 6.79. The minimum atomic E-state index is 0.0201. The molecule has 1 aliphatic heterocycles. The molecule has 0 aliphatic carbocycles. The molecule has 3 rings (SSSR count). The second-order valence-electron chi connectivity index (χ2n) is 4.37. The molecule has 2 atom stereocenters. The van der Waals surface area contributed by atoms with E-state index in [0.29, 0.717) is 0 Å². The van der Waals surface area contributed by atoms with Crippen LogP contribution in [0.2, 0.25) is 0 Å². The van der Waals surface area contributed by atoms with Gasteiger partial charge in [-0.15, -0.1) is 11.3 Å². The molecule has 0 radical (unpaired) electrons. The van der Waals surface area contributed by atoms with Crippen LogP contribution in [0.1, 0.15) is 29.0 Å². The third-order valence-electron chi connectivity index (χ3n) is 3.22. The lowest BCUT2D eigenvalue weighted by Crippen LogP contribution is -2.23. The zero-order valence-electron chi connectivity index (χ0n) is 10.1. The number of hydrogen-bond acceptors (Lipinski definition) is 4. The number of benzene rings is 1. The van der Waals surface area contributed by atoms with Crippen molar-refractivity contribution in [1.29, 1.82) is 0 Å². The molecule has 2 N–H and O–H groups in total. The van der Waals surface area contributed by atoms with Crippen molar-refractivity contribution in [2.75, 3.05) is 7.11 Å². The molecule has 1 aromatic carbocycles. The predicted octanol–water partition coefficient (Wildman–Crippen LogP) is 3.28. The lowest BCUT2D eigenvalue weighted by atomic mass is 9.96. The monoisotopic (exact) mass is 261 g/mol. The first-order valence-electron chi connectivity index (χ1n) is 5.91. The Morgan fingerprint density at radius 1 is 1.39 bits per heavy atom. The Kier molecular flexibility index (Phi) is 2.97. The zero-order valence-corrected chi connectivity index (χ0v) is 10.9. The van der Waals surface area contributed by atoms with Gasteiger partial charge in [0.1, 0.15) is 17.6 Å². The summed E-state index contributed by atoms with van der Waals surface area (Å²) in [5, 5.41) is 2.06. The summed E-state index contributed by atoms with van der Waals surface area (Å²) in [7, 11) is 1.65. The quantitative estimate of drug-likeness (QED) is 0.902. The molecule has 1 aliphatic rings. The zero-order chi connectivity index (χ0) is 12.5. The van der Waals surface area contributed by atoms with Crippen LogP contribution in [0.25, 0.3) is 0 Å². The summed E-state index contributed by atoms with van der Waals surface area (Å²) >= 11 is 1.70. The topological polar surface area (TPSA) is 44.5 Å². The normalized spacial score (nSPS) is 22.1. The highest BCUT2D eigenvalue weighted by molar-refractivity contribution is 7.10. The van der Waals surface area contributed by atoms with Crippen LogP contribution in [0, 0.1) is 0 Å². The van der Waals surface area contributed by atoms with Gasteiger partial charge in [-0.1, -0.05) is 12.1 Å². The van der Waals surface area contributed by atoms with Crippen LogP contribution in [0.4, 0.5) is 0 Å². The molecule has 3 nitrogen and oxygen atoms in total. The fourth-order valence-electron chi connectivity index (χ4n) is 2.26. The second kappa shape index (κ2) is 4.63. The van der Waals surface area contributed by atoms with E-state index in [1.165, 1.54) is 4.88 Å². The number of rotatable bonds is 2. The summed E-state index contributed by atoms with van der Waals surface area (Å²) < 4.78 is 11.3. The maximum Gasteiger partial charge on any atom is 0.135 e. The van der Waals surface area contributed by atoms with Crippen molar-refractivity contribution in [1.82, 2.24) is 0 Å². The number of ether oxygens (including phenoxy) is 2. The average molecular weight is 261 g/mol. The number of methoxy groups -OCH3 is 1. The number of hydrogen-bond donors (Lipinski definition) is 1. The smallest absolute Gasteiger partial charge is 0.135 e. The van der Waals surface area contributed by atoms with E-state index in [0.717, 1.165) is 23.5 Å². The van der Waals surface area contributed by atoms with Gasteiger partial charge in [0.2, 0.25) is 0 Å². The molecule has 1 aromatic heterocycles. The second-order valence-corrected chi connectivity index (χ2v) is 5.35. The maximum atomic E-state index is 6.22. The number of fused-ring (bicyclic) bond motifs is 1. The van der Waals surface area contributed by atoms with Crippen molar-refractivity contribution in [2.24, 2.45) is 5.73 Å². The summed E-state index contributed by atoms with van der Waals surface area (Å²) in [6, 6.07) is 9.97. The third kappa shape index (κ3) is 1.98. The van der Waals surface area contributed by atoms with Gasteiger partial charge in [0.25, 0.3) is 0 Å². The van der Waals surface area contributed by atoms with Crippen LogP contribution in [-0.4, -0.2) is 7.11 Å². The Labute approximate surface area is 110 Å². The highest BCUT2D eigenvalue weighted by Crippen LogP contribution is 2.42. The molecular weight excluding hydrogens is 246 g/mol. The van der Waals surface area contributed by atoms with Crippen molar-refractivity contribution >= 4 is 11.3 Å². The van der Waals surface area contributed by atoms with E-state index in [4.69, 9.17) is 15.2 Å². The van der Waals surface area contributed by atoms with Crippen LogP contribution in [0.3, 0.4) is 0 Å². The number of nitrogens with two attached hydrogens (primary N) is 1. The summed E-state index contributed by atoms with van der Waals surface area (Å²) in [5.41, 5.74) is 7.28. The SMILES string of the molecule is COc1ccc2c(c1)OC(c1cccs1)CC2N. The van der Waals surface area contributed by atoms with Crippen molar-refractivity contribution < 1.29 is 9.47 Å². The maximum absolute atomic E-state index is 6.22. The van der Waals surface area contributed by atoms with Gasteiger partial charge in [-0.2, -0.15) is 0 Å². The van der Waals surface area contributed by atoms with E-state index in [1.54, 1.807) is 18.4 Å². The Morgan fingerprint density at radius 3 is 3.00 bits per heavy atom. The van der Waals surface area contributed by atoms with Crippen LogP contribution >= 0.6 is 11.3 Å². The lowest BCUT2D eigenvalue weighted by molar-refractivity contribution is 0.164. The molecule has 94 valence electrons. The molecule has 4 heteroatoms. The fraction of sp³-hybridized carbons (Fsp3) is 0.286. The van der Waals surface area contributed by atoms with Gasteiger partial charge in [-0.05, 0) is 17.5 Å². The number of thiophene rings is 1. The van der Waals surface area contributed by atoms with E-state index in [-0.39, 0.29) is 12.1 Å². The van der Waals surface area contributed by atoms with Gasteiger partial charge in [0, 0.05) is 29.0 Å². The van der Waals surface area contributed by atoms with Gasteiger partial charge in [0.15, 0.2) is 0 Å². The lowest BCUT2D eigenvalue weighted by Gasteiger charge is -2.30. The molecule has 0 fully saturated rings. The molecule has 0 spiro atoms. The highest BCUT2D eigenvalue weighted by atomic mass is 32.1. The fourth-order valence-corrected chi connectivity index (χ4v) is 3.03. The van der Waals surface area contributed by atoms with E-state index >= 15 is 0 Å². The molecule has 0 amide bonds. The predicted molar refractivity (Wildman–Crippen MR) is 72.2 cm³/mol. The Balaban J connectivity index is 1.95. The summed E-state index contributed by atoms with van der Waals surface area (Å²) in [5.74, 6) is 1.64. The van der Waals surface area contributed by atoms with E-state index in [1.807, 2.05) is 24.3 Å². The van der Waals surface area contributed by atoms with Gasteiger partial charge in [-0.3, -0.25) is 0 Å². The van der Waals surface area contributed by atoms with Crippen molar-refractivity contribution in [2.45, 2.75) is 18.6 Å². The van der Waals surface area contributed by atoms with Crippen LogP contribution < -0.4 is 15.2 Å². The van der Waals surface area contributed by atoms with E-state index in [9.17, 15) is 0 Å². The Hall–Kier alpha value is -1.52. The van der Waals surface area contributed by atoms with Gasteiger partial charge < -0.3 is 15.2 Å². The molecule has 2 heterocycles. The van der Waals surface area contributed by atoms with Gasteiger partial charge in [-0.25, -0.2) is 0 Å². The minimum absolute atomic E-state index is 0.0201. The highest BCUT2D eigenvalue weighted by Gasteiger charge is 2.27. The summed E-state index contributed by atoms with van der Waals surface area (Å²) in [6.07, 6.45) is 0.874. The van der Waals surface area contributed by atoms with Crippen molar-refractivity contribution in [3.05, 3.63) is 46.2 Å². The third-order valence-corrected chi connectivity index (χ3v) is 4.18. The minimum Gasteiger partial charge on any atom is -0.497 e. The Bertz CT molecular complexity index is 539. The van der Waals surface area contributed by atoms with Gasteiger partial charge >= 0.3 is 0 Å². The average Bonchev–Trinajstić information content (AvgIpc) is 2.91. The molecule has 0 saturated carbocycles. The van der Waals surface area contributed by atoms with Crippen LogP contribution in [0.5, 0.6) is 11.5 Å². The molecular formula is C14H15NO2S. The van der Waals surface area contributed by atoms with Crippen LogP contribution in [0.15, 0.2) is 35.7 Å². The summed E-state index contributed by atoms with van der Waals surface area (Å²) in [6.45, 7) is 0. The van der Waals surface area contributed by atoms with Crippen LogP contribution in [-0.2, 0) is 0 Å². The molecule has 18 heavy (non-hydrogen) atoms. The standard InChI is InChI=1S/C14H15NO2S/c1-16-9-4-5-10-11(15)8-13(17-12(10)7-9)14-3-2-6-18-14/h2-7,11,13H,8,15H2,1H3. The van der Waals surface area contributed by atoms with Crippen molar-refractivity contribution in [3.63, 3.8) is 0 Å². The summed E-state index contributed by atoms with van der Waals surface area (Å²) in [4.78, 5) is 1.22. The largest absolute Gasteiger partial charge is 0.497 e. The molecule has 2 unspecified atom stereocenters. The molecule has 2 aromatic rings. The molecule has 0 saturated heterocycles.